The molecule has 0 spiro atoms. The molecule has 1 aromatic heterocycles. The summed E-state index contributed by atoms with van der Waals surface area (Å²) in [5.74, 6) is -1.32. The van der Waals surface area contributed by atoms with E-state index in [9.17, 15) is 13.2 Å². The van der Waals surface area contributed by atoms with Crippen LogP contribution in [0.15, 0.2) is 39.9 Å². The molecule has 0 bridgehead atoms. The number of amidine groups is 1. The van der Waals surface area contributed by atoms with Gasteiger partial charge in [-0.3, -0.25) is 4.98 Å². The van der Waals surface area contributed by atoms with Crippen LogP contribution in [-0.4, -0.2) is 23.5 Å². The first-order chi connectivity index (χ1) is 13.9. The van der Waals surface area contributed by atoms with Gasteiger partial charge in [-0.05, 0) is 65.0 Å². The van der Waals surface area contributed by atoms with Crippen LogP contribution in [0.25, 0.3) is 0 Å². The maximum atomic E-state index is 14.7. The van der Waals surface area contributed by atoms with Gasteiger partial charge in [0.2, 0.25) is 0 Å². The number of fused-ring (bicyclic) bond motifs is 2. The molecule has 9 heteroatoms. The SMILES string of the molecule is NC1=N[C@@](c2cc(N[C@@H]3CCc4cc(Br)cnc43)ccc2F)(C(F)F)[C@H]2CC2O1. The van der Waals surface area contributed by atoms with Crippen LogP contribution in [0.2, 0.25) is 0 Å². The van der Waals surface area contributed by atoms with E-state index in [4.69, 9.17) is 10.5 Å². The fourth-order valence-electron chi connectivity index (χ4n) is 4.51. The molecule has 1 unspecified atom stereocenters. The Morgan fingerprint density at radius 1 is 1.31 bits per heavy atom. The molecule has 29 heavy (non-hydrogen) atoms. The molecule has 152 valence electrons. The van der Waals surface area contributed by atoms with Crippen LogP contribution in [0.1, 0.15) is 35.7 Å². The number of halogens is 4. The third kappa shape index (κ3) is 2.97. The molecule has 1 aliphatic heterocycles. The molecule has 0 radical (unpaired) electrons. The average molecular weight is 467 g/mol. The minimum absolute atomic E-state index is 0.0733. The normalized spacial score (nSPS) is 29.7. The number of anilines is 1. The molecular formula is C20H18BrF3N4O. The topological polar surface area (TPSA) is 72.5 Å². The number of nitrogens with zero attached hydrogens (tertiary/aromatic N) is 2. The van der Waals surface area contributed by atoms with Crippen molar-refractivity contribution in [3.63, 3.8) is 0 Å². The van der Waals surface area contributed by atoms with Crippen molar-refractivity contribution in [1.82, 2.24) is 4.98 Å². The van der Waals surface area contributed by atoms with Gasteiger partial charge in [-0.25, -0.2) is 18.2 Å². The van der Waals surface area contributed by atoms with E-state index in [0.29, 0.717) is 12.1 Å². The fourth-order valence-corrected chi connectivity index (χ4v) is 4.88. The number of hydrogen-bond donors (Lipinski definition) is 2. The highest BCUT2D eigenvalue weighted by Gasteiger charge is 2.64. The van der Waals surface area contributed by atoms with Crippen molar-refractivity contribution in [3.05, 3.63) is 57.6 Å². The number of aromatic nitrogens is 1. The smallest absolute Gasteiger partial charge is 0.283 e. The second-order valence-corrected chi connectivity index (χ2v) is 8.62. The van der Waals surface area contributed by atoms with Crippen molar-refractivity contribution in [2.75, 3.05) is 5.32 Å². The van der Waals surface area contributed by atoms with E-state index in [1.54, 1.807) is 12.3 Å². The van der Waals surface area contributed by atoms with Crippen molar-refractivity contribution in [2.45, 2.75) is 43.4 Å². The Morgan fingerprint density at radius 2 is 2.14 bits per heavy atom. The number of aliphatic imine (C=N–C) groups is 1. The van der Waals surface area contributed by atoms with Gasteiger partial charge in [0.25, 0.3) is 12.4 Å². The van der Waals surface area contributed by atoms with Crippen LogP contribution >= 0.6 is 15.9 Å². The minimum atomic E-state index is -2.91. The highest BCUT2D eigenvalue weighted by atomic mass is 79.9. The zero-order valence-electron chi connectivity index (χ0n) is 15.2. The molecule has 1 aromatic carbocycles. The van der Waals surface area contributed by atoms with E-state index in [2.05, 4.69) is 31.2 Å². The Balaban J connectivity index is 1.51. The van der Waals surface area contributed by atoms with Crippen molar-refractivity contribution in [1.29, 1.82) is 0 Å². The Morgan fingerprint density at radius 3 is 2.93 bits per heavy atom. The lowest BCUT2D eigenvalue weighted by Gasteiger charge is -2.33. The summed E-state index contributed by atoms with van der Waals surface area (Å²) in [5, 5.41) is 3.32. The first kappa shape index (κ1) is 18.7. The van der Waals surface area contributed by atoms with Gasteiger partial charge in [0.05, 0.1) is 11.7 Å². The average Bonchev–Trinajstić information content (AvgIpc) is 3.35. The first-order valence-corrected chi connectivity index (χ1v) is 10.2. The van der Waals surface area contributed by atoms with Crippen LogP contribution in [0, 0.1) is 11.7 Å². The second kappa shape index (κ2) is 6.62. The highest BCUT2D eigenvalue weighted by Crippen LogP contribution is 2.56. The zero-order valence-corrected chi connectivity index (χ0v) is 16.8. The Labute approximate surface area is 173 Å². The lowest BCUT2D eigenvalue weighted by atomic mass is 9.84. The van der Waals surface area contributed by atoms with Gasteiger partial charge in [0.1, 0.15) is 11.9 Å². The van der Waals surface area contributed by atoms with Crippen LogP contribution < -0.4 is 11.1 Å². The van der Waals surface area contributed by atoms with E-state index in [1.165, 1.54) is 12.1 Å². The van der Waals surface area contributed by atoms with Gasteiger partial charge in [-0.1, -0.05) is 0 Å². The summed E-state index contributed by atoms with van der Waals surface area (Å²) < 4.78 is 49.4. The molecule has 2 aliphatic carbocycles. The number of pyridine rings is 1. The van der Waals surface area contributed by atoms with Gasteiger partial charge in [0.15, 0.2) is 5.54 Å². The number of rotatable bonds is 4. The molecule has 4 atom stereocenters. The predicted octanol–water partition coefficient (Wildman–Crippen LogP) is 4.28. The van der Waals surface area contributed by atoms with Crippen molar-refractivity contribution < 1.29 is 17.9 Å². The number of benzene rings is 1. The number of alkyl halides is 2. The van der Waals surface area contributed by atoms with Crippen molar-refractivity contribution in [3.8, 4) is 0 Å². The molecule has 2 heterocycles. The van der Waals surface area contributed by atoms with Gasteiger partial charge < -0.3 is 15.8 Å². The first-order valence-electron chi connectivity index (χ1n) is 9.39. The van der Waals surface area contributed by atoms with E-state index in [1.807, 2.05) is 6.07 Å². The summed E-state index contributed by atoms with van der Waals surface area (Å²) in [7, 11) is 0. The van der Waals surface area contributed by atoms with Crippen LogP contribution in [0.3, 0.4) is 0 Å². The molecular weight excluding hydrogens is 449 g/mol. The van der Waals surface area contributed by atoms with Gasteiger partial charge >= 0.3 is 0 Å². The highest BCUT2D eigenvalue weighted by molar-refractivity contribution is 9.10. The molecule has 0 saturated heterocycles. The summed E-state index contributed by atoms with van der Waals surface area (Å²) in [4.78, 5) is 8.40. The molecule has 0 amide bonds. The summed E-state index contributed by atoms with van der Waals surface area (Å²) >= 11 is 3.42. The number of ether oxygens (including phenoxy) is 1. The van der Waals surface area contributed by atoms with Crippen molar-refractivity contribution >= 4 is 27.6 Å². The lowest BCUT2D eigenvalue weighted by molar-refractivity contribution is 0.0177. The molecule has 5 nitrogen and oxygen atoms in total. The van der Waals surface area contributed by atoms with Crippen molar-refractivity contribution in [2.24, 2.45) is 16.6 Å². The summed E-state index contributed by atoms with van der Waals surface area (Å²) in [6.07, 6.45) is 0.428. The number of nitrogens with one attached hydrogen (secondary N) is 1. The lowest BCUT2D eigenvalue weighted by Crippen LogP contribution is -2.43. The Bertz CT molecular complexity index is 1020. The largest absolute Gasteiger partial charge is 0.462 e. The number of aryl methyl sites for hydroxylation is 1. The Hall–Kier alpha value is -2.29. The second-order valence-electron chi connectivity index (χ2n) is 7.70. The number of hydrogen-bond acceptors (Lipinski definition) is 5. The molecule has 2 aromatic rings. The molecule has 1 saturated carbocycles. The van der Waals surface area contributed by atoms with Crippen LogP contribution in [0.5, 0.6) is 0 Å². The van der Waals surface area contributed by atoms with E-state index in [-0.39, 0.29) is 17.6 Å². The minimum Gasteiger partial charge on any atom is -0.462 e. The fraction of sp³-hybridized carbons (Fsp3) is 0.400. The maximum absolute atomic E-state index is 14.7. The van der Waals surface area contributed by atoms with Gasteiger partial charge in [-0.15, -0.1) is 0 Å². The maximum Gasteiger partial charge on any atom is 0.283 e. The van der Waals surface area contributed by atoms with Crippen LogP contribution in [0.4, 0.5) is 18.9 Å². The number of nitrogens with two attached hydrogens (primary N) is 1. The summed E-state index contributed by atoms with van der Waals surface area (Å²) in [6, 6.07) is 5.81. The molecule has 3 aliphatic rings. The summed E-state index contributed by atoms with van der Waals surface area (Å²) in [6.45, 7) is 0. The van der Waals surface area contributed by atoms with E-state index >= 15 is 0 Å². The van der Waals surface area contributed by atoms with Gasteiger partial charge in [-0.2, -0.15) is 0 Å². The Kier molecular flexibility index (Phi) is 4.27. The predicted molar refractivity (Wildman–Crippen MR) is 105 cm³/mol. The third-order valence-corrected chi connectivity index (χ3v) is 6.37. The zero-order chi connectivity index (χ0) is 20.3. The molecule has 1 fully saturated rings. The third-order valence-electron chi connectivity index (χ3n) is 5.94. The van der Waals surface area contributed by atoms with E-state index in [0.717, 1.165) is 28.6 Å². The van der Waals surface area contributed by atoms with E-state index < -0.39 is 29.8 Å². The quantitative estimate of drug-likeness (QED) is 0.705. The monoisotopic (exact) mass is 466 g/mol. The van der Waals surface area contributed by atoms with Gasteiger partial charge in [0, 0.05) is 27.8 Å². The standard InChI is InChI=1S/C20H18BrF3N4O/c21-10-5-9-1-4-15(17(9)26-8-10)27-11-2-3-14(22)12(6-11)20(18(23)24)13-7-16(13)29-19(25)28-20/h2-3,5-6,8,13,15-16,18,27H,1,4,7H2,(H2,25,28)/t13-,15+,16?,20+/m0/s1. The molecule has 5 rings (SSSR count). The summed E-state index contributed by atoms with van der Waals surface area (Å²) in [5.41, 5.74) is 6.04. The van der Waals surface area contributed by atoms with Crippen LogP contribution in [-0.2, 0) is 16.7 Å². The molecule has 3 N–H and O–H groups in total.